The van der Waals surface area contributed by atoms with Crippen molar-refractivity contribution in [2.24, 2.45) is 5.41 Å². The number of hydrogen-bond acceptors (Lipinski definition) is 4. The van der Waals surface area contributed by atoms with Crippen LogP contribution in [0.3, 0.4) is 0 Å². The van der Waals surface area contributed by atoms with Gasteiger partial charge in [0.15, 0.2) is 0 Å². The minimum absolute atomic E-state index is 0.0810. The zero-order valence-electron chi connectivity index (χ0n) is 12.6. The fourth-order valence-electron chi connectivity index (χ4n) is 3.21. The summed E-state index contributed by atoms with van der Waals surface area (Å²) in [6, 6.07) is 1.88. The van der Waals surface area contributed by atoms with Crippen molar-refractivity contribution in [2.75, 3.05) is 18.8 Å². The van der Waals surface area contributed by atoms with Gasteiger partial charge < -0.3 is 10.6 Å². The maximum Gasteiger partial charge on any atom is 0.266 e. The average Bonchev–Trinajstić information content (AvgIpc) is 3.10. The van der Waals surface area contributed by atoms with E-state index in [0.29, 0.717) is 16.0 Å². The predicted octanol–water partition coefficient (Wildman–Crippen LogP) is 3.53. The quantitative estimate of drug-likeness (QED) is 0.943. The lowest BCUT2D eigenvalue weighted by Gasteiger charge is -2.26. The minimum Gasteiger partial charge on any atom is -0.397 e. The van der Waals surface area contributed by atoms with Crippen LogP contribution in [0.25, 0.3) is 10.1 Å². The van der Waals surface area contributed by atoms with Crippen LogP contribution in [0.2, 0.25) is 0 Å². The number of carbonyl (C=O) groups excluding carboxylic acids is 1. The smallest absolute Gasteiger partial charge is 0.266 e. The van der Waals surface area contributed by atoms with Crippen LogP contribution >= 0.6 is 11.3 Å². The standard InChI is InChI=1S/C16H21N3OS/c1-3-16(4-2)6-8-19(10-16)15(20)14-13(17)11-5-7-18-9-12(11)21-14/h5,7,9H,3-4,6,8,10,17H2,1-2H3. The van der Waals surface area contributed by atoms with Crippen LogP contribution in [0.1, 0.15) is 42.8 Å². The number of carbonyl (C=O) groups is 1. The summed E-state index contributed by atoms with van der Waals surface area (Å²) in [6.45, 7) is 6.13. The van der Waals surface area contributed by atoms with Crippen molar-refractivity contribution in [3.8, 4) is 0 Å². The van der Waals surface area contributed by atoms with Crippen molar-refractivity contribution in [3.63, 3.8) is 0 Å². The number of anilines is 1. The Bertz CT molecular complexity index is 675. The van der Waals surface area contributed by atoms with E-state index in [0.717, 1.165) is 42.4 Å². The summed E-state index contributed by atoms with van der Waals surface area (Å²) >= 11 is 1.46. The number of fused-ring (bicyclic) bond motifs is 1. The molecule has 0 aliphatic carbocycles. The molecule has 3 heterocycles. The number of aromatic nitrogens is 1. The van der Waals surface area contributed by atoms with Gasteiger partial charge >= 0.3 is 0 Å². The number of thiophene rings is 1. The number of nitrogens with two attached hydrogens (primary N) is 1. The number of pyridine rings is 1. The summed E-state index contributed by atoms with van der Waals surface area (Å²) < 4.78 is 0.981. The van der Waals surface area contributed by atoms with Crippen molar-refractivity contribution in [2.45, 2.75) is 33.1 Å². The Morgan fingerprint density at radius 2 is 2.24 bits per heavy atom. The molecular formula is C16H21N3OS. The van der Waals surface area contributed by atoms with Gasteiger partial charge in [-0.1, -0.05) is 13.8 Å². The van der Waals surface area contributed by atoms with E-state index in [2.05, 4.69) is 18.8 Å². The van der Waals surface area contributed by atoms with E-state index < -0.39 is 0 Å². The number of nitrogens with zero attached hydrogens (tertiary/aromatic N) is 2. The molecule has 0 aromatic carbocycles. The first-order valence-electron chi connectivity index (χ1n) is 7.51. The molecule has 112 valence electrons. The van der Waals surface area contributed by atoms with Crippen LogP contribution in [0.5, 0.6) is 0 Å². The molecule has 2 aromatic rings. The van der Waals surface area contributed by atoms with Crippen molar-refractivity contribution in [1.82, 2.24) is 9.88 Å². The lowest BCUT2D eigenvalue weighted by Crippen LogP contribution is -2.31. The van der Waals surface area contributed by atoms with E-state index in [9.17, 15) is 4.79 Å². The first-order chi connectivity index (χ1) is 10.1. The van der Waals surface area contributed by atoms with Gasteiger partial charge in [0.1, 0.15) is 4.88 Å². The van der Waals surface area contributed by atoms with Crippen molar-refractivity contribution in [1.29, 1.82) is 0 Å². The summed E-state index contributed by atoms with van der Waals surface area (Å²) in [6.07, 6.45) is 6.84. The molecule has 0 saturated carbocycles. The van der Waals surface area contributed by atoms with Crippen LogP contribution in [-0.2, 0) is 0 Å². The first-order valence-corrected chi connectivity index (χ1v) is 8.33. The fraction of sp³-hybridized carbons (Fsp3) is 0.500. The zero-order valence-corrected chi connectivity index (χ0v) is 13.4. The third-order valence-corrected chi connectivity index (χ3v) is 6.10. The van der Waals surface area contributed by atoms with Crippen LogP contribution < -0.4 is 5.73 Å². The predicted molar refractivity (Wildman–Crippen MR) is 87.6 cm³/mol. The molecule has 1 amide bonds. The number of nitrogen functional groups attached to an aromatic ring is 1. The summed E-state index contributed by atoms with van der Waals surface area (Å²) in [7, 11) is 0. The van der Waals surface area contributed by atoms with E-state index in [-0.39, 0.29) is 5.91 Å². The molecule has 5 heteroatoms. The Balaban J connectivity index is 1.90. The number of hydrogen-bond donors (Lipinski definition) is 1. The molecule has 0 radical (unpaired) electrons. The summed E-state index contributed by atoms with van der Waals surface area (Å²) in [5.41, 5.74) is 7.07. The average molecular weight is 303 g/mol. The number of likely N-dealkylation sites (tertiary alicyclic amines) is 1. The van der Waals surface area contributed by atoms with Gasteiger partial charge in [-0.3, -0.25) is 9.78 Å². The Morgan fingerprint density at radius 3 is 2.86 bits per heavy atom. The molecular weight excluding hydrogens is 282 g/mol. The lowest BCUT2D eigenvalue weighted by molar-refractivity contribution is 0.0775. The number of rotatable bonds is 3. The normalized spacial score (nSPS) is 17.5. The second-order valence-electron chi connectivity index (χ2n) is 5.90. The molecule has 0 atom stereocenters. The molecule has 2 aromatic heterocycles. The highest BCUT2D eigenvalue weighted by Crippen LogP contribution is 2.39. The van der Waals surface area contributed by atoms with Crippen molar-refractivity contribution >= 4 is 33.0 Å². The maximum absolute atomic E-state index is 12.8. The van der Waals surface area contributed by atoms with E-state index in [4.69, 9.17) is 5.73 Å². The Morgan fingerprint density at radius 1 is 1.48 bits per heavy atom. The largest absolute Gasteiger partial charge is 0.397 e. The van der Waals surface area contributed by atoms with Gasteiger partial charge in [0.25, 0.3) is 5.91 Å². The van der Waals surface area contributed by atoms with E-state index in [1.54, 1.807) is 12.4 Å². The van der Waals surface area contributed by atoms with Gasteiger partial charge in [0, 0.05) is 30.9 Å². The fourth-order valence-corrected chi connectivity index (χ4v) is 4.27. The summed E-state index contributed by atoms with van der Waals surface area (Å²) in [5, 5.41) is 0.940. The molecule has 1 aliphatic rings. The van der Waals surface area contributed by atoms with Crippen LogP contribution in [0, 0.1) is 5.41 Å². The molecule has 2 N–H and O–H groups in total. The van der Waals surface area contributed by atoms with E-state index in [1.807, 2.05) is 11.0 Å². The van der Waals surface area contributed by atoms with Crippen molar-refractivity contribution in [3.05, 3.63) is 23.3 Å². The third kappa shape index (κ3) is 2.29. The van der Waals surface area contributed by atoms with E-state index in [1.165, 1.54) is 11.3 Å². The summed E-state index contributed by atoms with van der Waals surface area (Å²) in [5.74, 6) is 0.0810. The maximum atomic E-state index is 12.8. The van der Waals surface area contributed by atoms with Crippen LogP contribution in [-0.4, -0.2) is 28.9 Å². The lowest BCUT2D eigenvalue weighted by atomic mass is 9.82. The van der Waals surface area contributed by atoms with Crippen LogP contribution in [0.4, 0.5) is 5.69 Å². The molecule has 21 heavy (non-hydrogen) atoms. The van der Waals surface area contributed by atoms with Crippen molar-refractivity contribution < 1.29 is 4.79 Å². The molecule has 1 fully saturated rings. The zero-order chi connectivity index (χ0) is 15.0. The topological polar surface area (TPSA) is 59.2 Å². The molecule has 0 spiro atoms. The van der Waals surface area contributed by atoms with Gasteiger partial charge in [0.2, 0.25) is 0 Å². The van der Waals surface area contributed by atoms with E-state index >= 15 is 0 Å². The van der Waals surface area contributed by atoms with Gasteiger partial charge in [-0.2, -0.15) is 0 Å². The monoisotopic (exact) mass is 303 g/mol. The highest BCUT2D eigenvalue weighted by Gasteiger charge is 2.38. The van der Waals surface area contributed by atoms with Gasteiger partial charge in [0.05, 0.1) is 10.4 Å². The molecule has 1 saturated heterocycles. The second-order valence-corrected chi connectivity index (χ2v) is 6.95. The summed E-state index contributed by atoms with van der Waals surface area (Å²) in [4.78, 5) is 19.5. The van der Waals surface area contributed by atoms with Gasteiger partial charge in [-0.15, -0.1) is 11.3 Å². The van der Waals surface area contributed by atoms with Crippen LogP contribution in [0.15, 0.2) is 18.5 Å². The third-order valence-electron chi connectivity index (χ3n) is 4.95. The molecule has 1 aliphatic heterocycles. The first kappa shape index (κ1) is 14.3. The van der Waals surface area contributed by atoms with Gasteiger partial charge in [-0.05, 0) is 30.7 Å². The SMILES string of the molecule is CCC1(CC)CCN(C(=O)c2sc3cnccc3c2N)C1. The molecule has 0 bridgehead atoms. The minimum atomic E-state index is 0.0810. The van der Waals surface area contributed by atoms with Gasteiger partial charge in [-0.25, -0.2) is 0 Å². The molecule has 4 nitrogen and oxygen atoms in total. The highest BCUT2D eigenvalue weighted by molar-refractivity contribution is 7.21. The number of amides is 1. The molecule has 0 unspecified atom stereocenters. The second kappa shape index (κ2) is 5.30. The Kier molecular flexibility index (Phi) is 3.61. The molecule has 3 rings (SSSR count). The Labute approximate surface area is 129 Å². The highest BCUT2D eigenvalue weighted by atomic mass is 32.1. The Hall–Kier alpha value is -1.62.